The predicted molar refractivity (Wildman–Crippen MR) is 78.6 cm³/mol. The molecule has 0 aliphatic rings. The maximum atomic E-state index is 5.67. The first-order valence-corrected chi connectivity index (χ1v) is 7.15. The third-order valence-corrected chi connectivity index (χ3v) is 4.29. The van der Waals surface area contributed by atoms with E-state index >= 15 is 0 Å². The summed E-state index contributed by atoms with van der Waals surface area (Å²) in [6.45, 7) is 4.30. The fourth-order valence-corrected chi connectivity index (χ4v) is 2.97. The molecule has 96 valence electrons. The predicted octanol–water partition coefficient (Wildman–Crippen LogP) is 3.37. The van der Waals surface area contributed by atoms with Gasteiger partial charge in [0.05, 0.1) is 6.04 Å². The SMILES string of the molecule is CCc1ccc(CC(NN)c2ccc(C)s2)cc1. The van der Waals surface area contributed by atoms with E-state index in [2.05, 4.69) is 55.7 Å². The second-order valence-electron chi connectivity index (χ2n) is 4.54. The van der Waals surface area contributed by atoms with E-state index < -0.39 is 0 Å². The highest BCUT2D eigenvalue weighted by Crippen LogP contribution is 2.25. The van der Waals surface area contributed by atoms with Crippen LogP contribution in [0.4, 0.5) is 0 Å². The number of rotatable bonds is 5. The fraction of sp³-hybridized carbons (Fsp3) is 0.333. The second kappa shape index (κ2) is 6.14. The molecule has 3 N–H and O–H groups in total. The van der Waals surface area contributed by atoms with Crippen LogP contribution in [0.1, 0.15) is 33.8 Å². The van der Waals surface area contributed by atoms with E-state index in [1.807, 2.05) is 0 Å². The third-order valence-electron chi connectivity index (χ3n) is 3.18. The van der Waals surface area contributed by atoms with E-state index in [1.165, 1.54) is 20.9 Å². The number of hydrogen-bond acceptors (Lipinski definition) is 3. The average molecular weight is 260 g/mol. The smallest absolute Gasteiger partial charge is 0.0593 e. The Balaban J connectivity index is 2.10. The molecule has 0 saturated heterocycles. The van der Waals surface area contributed by atoms with E-state index in [9.17, 15) is 0 Å². The molecule has 0 spiro atoms. The molecule has 1 atom stereocenters. The molecule has 2 rings (SSSR count). The van der Waals surface area contributed by atoms with Crippen LogP contribution >= 0.6 is 11.3 Å². The number of thiophene rings is 1. The Morgan fingerprint density at radius 1 is 1.11 bits per heavy atom. The van der Waals surface area contributed by atoms with Gasteiger partial charge in [0.2, 0.25) is 0 Å². The van der Waals surface area contributed by atoms with Crippen LogP contribution in [0, 0.1) is 6.92 Å². The molecule has 1 aromatic heterocycles. The Hall–Kier alpha value is -1.16. The molecule has 1 heterocycles. The van der Waals surface area contributed by atoms with E-state index in [-0.39, 0.29) is 6.04 Å². The van der Waals surface area contributed by atoms with Crippen LogP contribution in [0.2, 0.25) is 0 Å². The lowest BCUT2D eigenvalue weighted by atomic mass is 10.0. The van der Waals surface area contributed by atoms with Crippen LogP contribution in [0.5, 0.6) is 0 Å². The monoisotopic (exact) mass is 260 g/mol. The quantitative estimate of drug-likeness (QED) is 0.639. The van der Waals surface area contributed by atoms with Crippen molar-refractivity contribution in [3.63, 3.8) is 0 Å². The van der Waals surface area contributed by atoms with E-state index in [4.69, 9.17) is 5.84 Å². The molecule has 2 nitrogen and oxygen atoms in total. The van der Waals surface area contributed by atoms with Crippen molar-refractivity contribution >= 4 is 11.3 Å². The standard InChI is InChI=1S/C15H20N2S/c1-3-12-5-7-13(8-6-12)10-14(17-16)15-9-4-11(2)18-15/h4-9,14,17H,3,10,16H2,1-2H3. The zero-order chi connectivity index (χ0) is 13.0. The lowest BCUT2D eigenvalue weighted by molar-refractivity contribution is 0.560. The Labute approximate surface area is 113 Å². The summed E-state index contributed by atoms with van der Waals surface area (Å²) in [5.41, 5.74) is 5.62. The molecular formula is C15H20N2S. The van der Waals surface area contributed by atoms with Crippen molar-refractivity contribution in [1.29, 1.82) is 0 Å². The zero-order valence-electron chi connectivity index (χ0n) is 10.9. The molecule has 0 amide bonds. The van der Waals surface area contributed by atoms with Gasteiger partial charge in [0.1, 0.15) is 0 Å². The first kappa shape index (κ1) is 13.3. The van der Waals surface area contributed by atoms with Crippen molar-refractivity contribution in [1.82, 2.24) is 5.43 Å². The Morgan fingerprint density at radius 3 is 2.28 bits per heavy atom. The molecule has 3 heteroatoms. The van der Waals surface area contributed by atoms with Gasteiger partial charge in [-0.05, 0) is 43.0 Å². The summed E-state index contributed by atoms with van der Waals surface area (Å²) in [6.07, 6.45) is 2.02. The van der Waals surface area contributed by atoms with E-state index in [1.54, 1.807) is 11.3 Å². The Kier molecular flexibility index (Phi) is 4.53. The highest BCUT2D eigenvalue weighted by atomic mass is 32.1. The highest BCUT2D eigenvalue weighted by molar-refractivity contribution is 7.12. The zero-order valence-corrected chi connectivity index (χ0v) is 11.8. The van der Waals surface area contributed by atoms with Crippen LogP contribution in [-0.4, -0.2) is 0 Å². The average Bonchev–Trinajstić information content (AvgIpc) is 2.83. The van der Waals surface area contributed by atoms with Gasteiger partial charge in [-0.2, -0.15) is 0 Å². The lowest BCUT2D eigenvalue weighted by Crippen LogP contribution is -2.28. The number of benzene rings is 1. The van der Waals surface area contributed by atoms with Crippen LogP contribution in [0.15, 0.2) is 36.4 Å². The molecular weight excluding hydrogens is 240 g/mol. The van der Waals surface area contributed by atoms with Gasteiger partial charge in [-0.15, -0.1) is 11.3 Å². The van der Waals surface area contributed by atoms with Gasteiger partial charge in [-0.1, -0.05) is 31.2 Å². The van der Waals surface area contributed by atoms with Crippen LogP contribution in [0.25, 0.3) is 0 Å². The maximum absolute atomic E-state index is 5.67. The Morgan fingerprint density at radius 2 is 1.78 bits per heavy atom. The summed E-state index contributed by atoms with van der Waals surface area (Å²) < 4.78 is 0. The topological polar surface area (TPSA) is 38.0 Å². The van der Waals surface area contributed by atoms with Crippen molar-refractivity contribution in [3.8, 4) is 0 Å². The summed E-state index contributed by atoms with van der Waals surface area (Å²) in [5.74, 6) is 5.67. The van der Waals surface area contributed by atoms with Crippen molar-refractivity contribution in [3.05, 3.63) is 57.3 Å². The first-order chi connectivity index (χ1) is 8.72. The molecule has 1 unspecified atom stereocenters. The molecule has 0 bridgehead atoms. The van der Waals surface area contributed by atoms with E-state index in [0.717, 1.165) is 12.8 Å². The highest BCUT2D eigenvalue weighted by Gasteiger charge is 2.12. The van der Waals surface area contributed by atoms with E-state index in [0.29, 0.717) is 0 Å². The fourth-order valence-electron chi connectivity index (χ4n) is 2.03. The molecule has 1 aromatic carbocycles. The van der Waals surface area contributed by atoms with Gasteiger partial charge < -0.3 is 0 Å². The summed E-state index contributed by atoms with van der Waals surface area (Å²) in [7, 11) is 0. The number of hydrazine groups is 1. The summed E-state index contributed by atoms with van der Waals surface area (Å²) in [5, 5.41) is 0. The molecule has 18 heavy (non-hydrogen) atoms. The van der Waals surface area contributed by atoms with Crippen molar-refractivity contribution in [2.75, 3.05) is 0 Å². The second-order valence-corrected chi connectivity index (χ2v) is 5.86. The normalized spacial score (nSPS) is 12.6. The number of nitrogens with one attached hydrogen (secondary N) is 1. The van der Waals surface area contributed by atoms with Gasteiger partial charge >= 0.3 is 0 Å². The minimum atomic E-state index is 0.205. The molecule has 0 radical (unpaired) electrons. The van der Waals surface area contributed by atoms with Crippen molar-refractivity contribution < 1.29 is 0 Å². The number of hydrogen-bond donors (Lipinski definition) is 2. The summed E-state index contributed by atoms with van der Waals surface area (Å²) >= 11 is 1.80. The molecule has 0 aliphatic heterocycles. The van der Waals surface area contributed by atoms with Crippen LogP contribution in [0.3, 0.4) is 0 Å². The summed E-state index contributed by atoms with van der Waals surface area (Å²) in [6, 6.07) is 13.3. The van der Waals surface area contributed by atoms with Gasteiger partial charge in [0, 0.05) is 9.75 Å². The Bertz CT molecular complexity index is 487. The third kappa shape index (κ3) is 3.19. The van der Waals surface area contributed by atoms with Crippen molar-refractivity contribution in [2.45, 2.75) is 32.7 Å². The minimum absolute atomic E-state index is 0.205. The van der Waals surface area contributed by atoms with Gasteiger partial charge in [0.15, 0.2) is 0 Å². The molecule has 0 aliphatic carbocycles. The molecule has 0 saturated carbocycles. The first-order valence-electron chi connectivity index (χ1n) is 6.33. The maximum Gasteiger partial charge on any atom is 0.0593 e. The molecule has 0 fully saturated rings. The summed E-state index contributed by atoms with van der Waals surface area (Å²) in [4.78, 5) is 2.63. The van der Waals surface area contributed by atoms with Crippen molar-refractivity contribution in [2.24, 2.45) is 5.84 Å². The number of nitrogens with two attached hydrogens (primary N) is 1. The van der Waals surface area contributed by atoms with Gasteiger partial charge in [-0.3, -0.25) is 11.3 Å². The van der Waals surface area contributed by atoms with Gasteiger partial charge in [0.25, 0.3) is 0 Å². The van der Waals surface area contributed by atoms with Crippen LogP contribution < -0.4 is 11.3 Å². The van der Waals surface area contributed by atoms with Gasteiger partial charge in [-0.25, -0.2) is 0 Å². The van der Waals surface area contributed by atoms with Crippen LogP contribution in [-0.2, 0) is 12.8 Å². The lowest BCUT2D eigenvalue weighted by Gasteiger charge is -2.14. The number of aryl methyl sites for hydroxylation is 2. The largest absolute Gasteiger partial charge is 0.271 e. The minimum Gasteiger partial charge on any atom is -0.271 e. The molecule has 2 aromatic rings.